The van der Waals surface area contributed by atoms with Gasteiger partial charge >= 0.3 is 0 Å². The maximum Gasteiger partial charge on any atom is 0.287 e. The average Bonchev–Trinajstić information content (AvgIpc) is 2.97. The number of nitrogens with one attached hydrogen (secondary N) is 1. The molecule has 0 spiro atoms. The molecular weight excluding hydrogens is 274 g/mol. The predicted molar refractivity (Wildman–Crippen MR) is 74.4 cm³/mol. The molecule has 0 aliphatic carbocycles. The molecule has 112 valence electrons. The largest absolute Gasteiger partial charge is 0.491 e. The van der Waals surface area contributed by atoms with Crippen molar-refractivity contribution in [3.8, 4) is 5.75 Å². The number of nitrogens with zero attached hydrogens (tertiary/aromatic N) is 3. The molecule has 8 heteroatoms. The van der Waals surface area contributed by atoms with Crippen molar-refractivity contribution in [1.82, 2.24) is 20.4 Å². The van der Waals surface area contributed by atoms with Crippen molar-refractivity contribution in [2.24, 2.45) is 5.84 Å². The minimum absolute atomic E-state index is 0.0704. The number of hydrogen-bond donors (Lipinski definition) is 3. The van der Waals surface area contributed by atoms with Crippen LogP contribution in [-0.2, 0) is 13.0 Å². The number of rotatable bonds is 7. The van der Waals surface area contributed by atoms with Crippen LogP contribution >= 0.6 is 0 Å². The third kappa shape index (κ3) is 4.01. The molecule has 0 saturated carbocycles. The molecule has 1 aromatic carbocycles. The van der Waals surface area contributed by atoms with E-state index in [1.807, 2.05) is 29.7 Å². The van der Waals surface area contributed by atoms with Crippen LogP contribution in [0.3, 0.4) is 0 Å². The van der Waals surface area contributed by atoms with E-state index >= 15 is 0 Å². The zero-order chi connectivity index (χ0) is 15.1. The number of ether oxygens (including phenoxy) is 1. The van der Waals surface area contributed by atoms with Gasteiger partial charge in [0.1, 0.15) is 12.4 Å². The zero-order valence-electron chi connectivity index (χ0n) is 11.4. The van der Waals surface area contributed by atoms with E-state index in [1.54, 1.807) is 0 Å². The van der Waals surface area contributed by atoms with Crippen molar-refractivity contribution in [3.63, 3.8) is 0 Å². The molecule has 2 rings (SSSR count). The molecule has 0 aliphatic rings. The van der Waals surface area contributed by atoms with E-state index in [0.717, 1.165) is 11.3 Å². The minimum atomic E-state index is -0.490. The summed E-state index contributed by atoms with van der Waals surface area (Å²) in [6, 6.07) is 7.52. The quantitative estimate of drug-likeness (QED) is 0.360. The minimum Gasteiger partial charge on any atom is -0.491 e. The summed E-state index contributed by atoms with van der Waals surface area (Å²) in [6.45, 7) is 0.884. The van der Waals surface area contributed by atoms with Crippen LogP contribution in [0, 0.1) is 0 Å². The maximum atomic E-state index is 11.2. The smallest absolute Gasteiger partial charge is 0.287 e. The van der Waals surface area contributed by atoms with Gasteiger partial charge in [-0.2, -0.15) is 0 Å². The number of carbonyl (C=O) groups excluding carboxylic acids is 1. The molecule has 0 fully saturated rings. The second-order valence-electron chi connectivity index (χ2n) is 4.27. The van der Waals surface area contributed by atoms with Crippen molar-refractivity contribution < 1.29 is 14.6 Å². The highest BCUT2D eigenvalue weighted by atomic mass is 16.5. The number of aromatic nitrogens is 3. The van der Waals surface area contributed by atoms with E-state index in [-0.39, 0.29) is 12.3 Å². The number of aliphatic hydroxyl groups is 1. The lowest BCUT2D eigenvalue weighted by Gasteiger charge is -2.10. The van der Waals surface area contributed by atoms with E-state index in [0.29, 0.717) is 19.6 Å². The highest BCUT2D eigenvalue weighted by Crippen LogP contribution is 2.18. The van der Waals surface area contributed by atoms with Gasteiger partial charge in [0.15, 0.2) is 5.69 Å². The molecule has 8 nitrogen and oxygen atoms in total. The van der Waals surface area contributed by atoms with Gasteiger partial charge in [0.25, 0.3) is 5.91 Å². The molecule has 0 saturated heterocycles. The first-order valence-electron chi connectivity index (χ1n) is 6.47. The second-order valence-corrected chi connectivity index (χ2v) is 4.27. The third-order valence-electron chi connectivity index (χ3n) is 2.83. The lowest BCUT2D eigenvalue weighted by atomic mass is 10.1. The summed E-state index contributed by atoms with van der Waals surface area (Å²) in [4.78, 5) is 11.2. The van der Waals surface area contributed by atoms with Crippen molar-refractivity contribution in [2.45, 2.75) is 13.0 Å². The van der Waals surface area contributed by atoms with Crippen LogP contribution in [0.1, 0.15) is 16.1 Å². The maximum absolute atomic E-state index is 11.2. The van der Waals surface area contributed by atoms with E-state index in [2.05, 4.69) is 10.3 Å². The molecule has 0 unspecified atom stereocenters. The van der Waals surface area contributed by atoms with Gasteiger partial charge in [0, 0.05) is 6.61 Å². The molecule has 0 radical (unpaired) electrons. The molecular formula is C13H17N5O3. The highest BCUT2D eigenvalue weighted by molar-refractivity contribution is 5.91. The molecule has 21 heavy (non-hydrogen) atoms. The standard InChI is InChI=1S/C13H17N5O3/c14-15-13(20)11-9-18(17-16-11)6-8-21-12-4-2-1-3-10(12)5-7-19/h1-4,9,19H,5-8,14H2,(H,15,20). The van der Waals surface area contributed by atoms with Crippen molar-refractivity contribution in [1.29, 1.82) is 0 Å². The Morgan fingerprint density at radius 3 is 3.00 bits per heavy atom. The van der Waals surface area contributed by atoms with Gasteiger partial charge in [-0.05, 0) is 18.1 Å². The van der Waals surface area contributed by atoms with E-state index in [1.165, 1.54) is 10.9 Å². The fraction of sp³-hybridized carbons (Fsp3) is 0.308. The zero-order valence-corrected chi connectivity index (χ0v) is 11.4. The summed E-state index contributed by atoms with van der Waals surface area (Å²) >= 11 is 0. The van der Waals surface area contributed by atoms with E-state index < -0.39 is 5.91 Å². The Morgan fingerprint density at radius 1 is 1.43 bits per heavy atom. The van der Waals surface area contributed by atoms with Crippen LogP contribution in [0.15, 0.2) is 30.5 Å². The van der Waals surface area contributed by atoms with Crippen molar-refractivity contribution >= 4 is 5.91 Å². The first-order chi connectivity index (χ1) is 10.2. The van der Waals surface area contributed by atoms with E-state index in [9.17, 15) is 4.79 Å². The van der Waals surface area contributed by atoms with Crippen LogP contribution in [0.25, 0.3) is 0 Å². The number of aliphatic hydroxyl groups excluding tert-OH is 1. The molecule has 4 N–H and O–H groups in total. The van der Waals surface area contributed by atoms with Gasteiger partial charge in [-0.15, -0.1) is 5.10 Å². The van der Waals surface area contributed by atoms with Gasteiger partial charge < -0.3 is 9.84 Å². The predicted octanol–water partition coefficient (Wildman–Crippen LogP) is -0.505. The van der Waals surface area contributed by atoms with Crippen LogP contribution in [0.5, 0.6) is 5.75 Å². The number of amides is 1. The van der Waals surface area contributed by atoms with Crippen LogP contribution in [-0.4, -0.2) is 39.2 Å². The van der Waals surface area contributed by atoms with Crippen LogP contribution in [0.4, 0.5) is 0 Å². The van der Waals surface area contributed by atoms with Crippen molar-refractivity contribution in [2.75, 3.05) is 13.2 Å². The van der Waals surface area contributed by atoms with Gasteiger partial charge in [0.2, 0.25) is 0 Å². The number of carbonyl (C=O) groups is 1. The molecule has 1 heterocycles. The fourth-order valence-corrected chi connectivity index (χ4v) is 1.81. The Hall–Kier alpha value is -2.45. The normalized spacial score (nSPS) is 10.4. The molecule has 0 bridgehead atoms. The monoisotopic (exact) mass is 291 g/mol. The summed E-state index contributed by atoms with van der Waals surface area (Å²) < 4.78 is 7.16. The Morgan fingerprint density at radius 2 is 2.24 bits per heavy atom. The van der Waals surface area contributed by atoms with Crippen LogP contribution in [0.2, 0.25) is 0 Å². The number of nitrogen functional groups attached to an aromatic ring is 1. The Balaban J connectivity index is 1.89. The summed E-state index contributed by atoms with van der Waals surface area (Å²) in [5, 5.41) is 16.5. The SMILES string of the molecule is NNC(=O)c1cn(CCOc2ccccc2CCO)nn1. The van der Waals surface area contributed by atoms with Gasteiger partial charge in [0.05, 0.1) is 12.7 Å². The second kappa shape index (κ2) is 7.36. The lowest BCUT2D eigenvalue weighted by molar-refractivity contribution is 0.0948. The molecule has 0 aliphatic heterocycles. The number of hydrazine groups is 1. The third-order valence-corrected chi connectivity index (χ3v) is 2.83. The first kappa shape index (κ1) is 14.9. The molecule has 1 amide bonds. The Labute approximate surface area is 121 Å². The molecule has 0 atom stereocenters. The van der Waals surface area contributed by atoms with Crippen LogP contribution < -0.4 is 16.0 Å². The fourth-order valence-electron chi connectivity index (χ4n) is 1.81. The van der Waals surface area contributed by atoms with Gasteiger partial charge in [-0.25, -0.2) is 10.5 Å². The lowest BCUT2D eigenvalue weighted by Crippen LogP contribution is -2.30. The summed E-state index contributed by atoms with van der Waals surface area (Å²) in [5.41, 5.74) is 3.09. The number of nitrogens with two attached hydrogens (primary N) is 1. The molecule has 1 aromatic heterocycles. The summed E-state index contributed by atoms with van der Waals surface area (Å²) in [5.74, 6) is 5.25. The highest BCUT2D eigenvalue weighted by Gasteiger charge is 2.09. The number of benzene rings is 1. The van der Waals surface area contributed by atoms with Gasteiger partial charge in [-0.3, -0.25) is 10.2 Å². The number of para-hydroxylation sites is 1. The Kier molecular flexibility index (Phi) is 5.24. The summed E-state index contributed by atoms with van der Waals surface area (Å²) in [6.07, 6.45) is 2.03. The molecule has 2 aromatic rings. The Bertz CT molecular complexity index is 599. The van der Waals surface area contributed by atoms with Crippen molar-refractivity contribution in [3.05, 3.63) is 41.7 Å². The topological polar surface area (TPSA) is 115 Å². The van der Waals surface area contributed by atoms with Gasteiger partial charge in [-0.1, -0.05) is 23.4 Å². The summed E-state index contributed by atoms with van der Waals surface area (Å²) in [7, 11) is 0. The van der Waals surface area contributed by atoms with E-state index in [4.69, 9.17) is 15.7 Å². The average molecular weight is 291 g/mol. The number of hydrogen-bond acceptors (Lipinski definition) is 6. The first-order valence-corrected chi connectivity index (χ1v) is 6.47.